The van der Waals surface area contributed by atoms with E-state index in [2.05, 4.69) is 10.4 Å². The summed E-state index contributed by atoms with van der Waals surface area (Å²) in [6.45, 7) is 8.78. The smallest absolute Gasteiger partial charge is 0.224 e. The number of aromatic nitrogens is 2. The first-order valence-electron chi connectivity index (χ1n) is 5.44. The lowest BCUT2D eigenvalue weighted by atomic mass is 10.1. The number of nitrogens with one attached hydrogen (secondary N) is 1. The van der Waals surface area contributed by atoms with Crippen molar-refractivity contribution in [2.45, 2.75) is 34.2 Å². The number of carbonyl (C=O) groups excluding carboxylic acids is 1. The SMILES string of the molecule is CCNC(=O)C(C)Cn1nc(C)c(Cl)c1C. The first kappa shape index (κ1) is 13.0. The summed E-state index contributed by atoms with van der Waals surface area (Å²) in [6, 6.07) is 0. The normalized spacial score (nSPS) is 12.6. The molecule has 0 saturated carbocycles. The fourth-order valence-corrected chi connectivity index (χ4v) is 1.68. The Kier molecular flexibility index (Phi) is 4.35. The van der Waals surface area contributed by atoms with Gasteiger partial charge in [-0.2, -0.15) is 5.10 Å². The molecule has 1 rings (SSSR count). The topological polar surface area (TPSA) is 46.9 Å². The molecule has 0 fully saturated rings. The van der Waals surface area contributed by atoms with E-state index in [9.17, 15) is 4.79 Å². The lowest BCUT2D eigenvalue weighted by Gasteiger charge is -2.12. The highest BCUT2D eigenvalue weighted by Crippen LogP contribution is 2.19. The van der Waals surface area contributed by atoms with E-state index in [1.165, 1.54) is 0 Å². The second kappa shape index (κ2) is 5.34. The van der Waals surface area contributed by atoms with Crippen molar-refractivity contribution < 1.29 is 4.79 Å². The van der Waals surface area contributed by atoms with Gasteiger partial charge in [-0.1, -0.05) is 18.5 Å². The van der Waals surface area contributed by atoms with Gasteiger partial charge in [-0.25, -0.2) is 0 Å². The predicted octanol–water partition coefficient (Wildman–Crippen LogP) is 1.93. The van der Waals surface area contributed by atoms with Crippen LogP contribution in [0.4, 0.5) is 0 Å². The molecule has 0 aliphatic heterocycles. The fraction of sp³-hybridized carbons (Fsp3) is 0.636. The molecule has 4 nitrogen and oxygen atoms in total. The molecule has 16 heavy (non-hydrogen) atoms. The van der Waals surface area contributed by atoms with Crippen molar-refractivity contribution in [2.75, 3.05) is 6.54 Å². The standard InChI is InChI=1S/C11H18ClN3O/c1-5-13-11(16)7(2)6-15-9(4)10(12)8(3)14-15/h7H,5-6H2,1-4H3,(H,13,16). The van der Waals surface area contributed by atoms with Crippen LogP contribution in [0, 0.1) is 19.8 Å². The molecule has 0 bridgehead atoms. The van der Waals surface area contributed by atoms with Gasteiger partial charge in [-0.15, -0.1) is 0 Å². The van der Waals surface area contributed by atoms with Gasteiger partial charge < -0.3 is 5.32 Å². The Balaban J connectivity index is 2.73. The molecule has 1 atom stereocenters. The van der Waals surface area contributed by atoms with Crippen molar-refractivity contribution >= 4 is 17.5 Å². The van der Waals surface area contributed by atoms with Crippen molar-refractivity contribution in [3.63, 3.8) is 0 Å². The summed E-state index contributed by atoms with van der Waals surface area (Å²) in [5.41, 5.74) is 1.72. The highest BCUT2D eigenvalue weighted by Gasteiger charge is 2.16. The summed E-state index contributed by atoms with van der Waals surface area (Å²) in [7, 11) is 0. The Labute approximate surface area is 101 Å². The van der Waals surface area contributed by atoms with Crippen LogP contribution in [0.5, 0.6) is 0 Å². The molecule has 90 valence electrons. The van der Waals surface area contributed by atoms with Crippen LogP contribution in [0.3, 0.4) is 0 Å². The number of hydrogen-bond acceptors (Lipinski definition) is 2. The molecule has 5 heteroatoms. The van der Waals surface area contributed by atoms with E-state index in [0.29, 0.717) is 18.1 Å². The number of halogens is 1. The zero-order valence-corrected chi connectivity index (χ0v) is 10.9. The van der Waals surface area contributed by atoms with Gasteiger partial charge in [-0.3, -0.25) is 9.48 Å². The maximum atomic E-state index is 11.6. The maximum Gasteiger partial charge on any atom is 0.224 e. The number of carbonyl (C=O) groups is 1. The monoisotopic (exact) mass is 243 g/mol. The van der Waals surface area contributed by atoms with E-state index in [-0.39, 0.29) is 11.8 Å². The van der Waals surface area contributed by atoms with E-state index < -0.39 is 0 Å². The molecule has 0 aromatic carbocycles. The van der Waals surface area contributed by atoms with Crippen LogP contribution in [0.25, 0.3) is 0 Å². The van der Waals surface area contributed by atoms with Gasteiger partial charge in [0.05, 0.1) is 28.9 Å². The van der Waals surface area contributed by atoms with Crippen molar-refractivity contribution in [1.82, 2.24) is 15.1 Å². The minimum absolute atomic E-state index is 0.0474. The van der Waals surface area contributed by atoms with Crippen LogP contribution in [0.1, 0.15) is 25.2 Å². The average Bonchev–Trinajstić information content (AvgIpc) is 2.47. The van der Waals surface area contributed by atoms with Gasteiger partial charge >= 0.3 is 0 Å². The van der Waals surface area contributed by atoms with Gasteiger partial charge in [0, 0.05) is 6.54 Å². The molecule has 1 unspecified atom stereocenters. The summed E-state index contributed by atoms with van der Waals surface area (Å²) >= 11 is 6.04. The third-order valence-corrected chi connectivity index (χ3v) is 3.09. The predicted molar refractivity (Wildman–Crippen MR) is 64.6 cm³/mol. The molecule has 1 N–H and O–H groups in total. The number of hydrogen-bond donors (Lipinski definition) is 1. The van der Waals surface area contributed by atoms with E-state index >= 15 is 0 Å². The maximum absolute atomic E-state index is 11.6. The lowest BCUT2D eigenvalue weighted by Crippen LogP contribution is -2.31. The molecule has 1 aromatic heterocycles. The highest BCUT2D eigenvalue weighted by molar-refractivity contribution is 6.31. The first-order chi connectivity index (χ1) is 7.47. The fourth-order valence-electron chi connectivity index (χ4n) is 1.54. The van der Waals surface area contributed by atoms with E-state index in [0.717, 1.165) is 11.4 Å². The molecule has 0 radical (unpaired) electrons. The third kappa shape index (κ3) is 2.76. The zero-order valence-electron chi connectivity index (χ0n) is 10.2. The van der Waals surface area contributed by atoms with Gasteiger partial charge in [0.15, 0.2) is 0 Å². The zero-order chi connectivity index (χ0) is 12.3. The second-order valence-corrected chi connectivity index (χ2v) is 4.34. The number of amides is 1. The van der Waals surface area contributed by atoms with E-state index in [1.807, 2.05) is 27.7 Å². The molecule has 0 aliphatic rings. The quantitative estimate of drug-likeness (QED) is 0.879. The van der Waals surface area contributed by atoms with Crippen LogP contribution in [-0.4, -0.2) is 22.2 Å². The van der Waals surface area contributed by atoms with E-state index in [4.69, 9.17) is 11.6 Å². The van der Waals surface area contributed by atoms with Crippen LogP contribution in [0.15, 0.2) is 0 Å². The summed E-state index contributed by atoms with van der Waals surface area (Å²) in [4.78, 5) is 11.6. The Morgan fingerprint density at radius 3 is 2.62 bits per heavy atom. The molecule has 1 heterocycles. The Morgan fingerprint density at radius 2 is 2.19 bits per heavy atom. The lowest BCUT2D eigenvalue weighted by molar-refractivity contribution is -0.124. The van der Waals surface area contributed by atoms with Gasteiger partial charge in [-0.05, 0) is 20.8 Å². The minimum Gasteiger partial charge on any atom is -0.356 e. The first-order valence-corrected chi connectivity index (χ1v) is 5.82. The van der Waals surface area contributed by atoms with Crippen LogP contribution in [-0.2, 0) is 11.3 Å². The molecule has 1 aromatic rings. The van der Waals surface area contributed by atoms with Crippen molar-refractivity contribution in [3.05, 3.63) is 16.4 Å². The molecule has 0 spiro atoms. The summed E-state index contributed by atoms with van der Waals surface area (Å²) < 4.78 is 1.79. The highest BCUT2D eigenvalue weighted by atomic mass is 35.5. The van der Waals surface area contributed by atoms with Gasteiger partial charge in [0.2, 0.25) is 5.91 Å². The second-order valence-electron chi connectivity index (χ2n) is 3.96. The average molecular weight is 244 g/mol. The van der Waals surface area contributed by atoms with Gasteiger partial charge in [0.25, 0.3) is 0 Å². The summed E-state index contributed by atoms with van der Waals surface area (Å²) in [5.74, 6) is -0.0554. The third-order valence-electron chi connectivity index (χ3n) is 2.54. The molecule has 1 amide bonds. The largest absolute Gasteiger partial charge is 0.356 e. The number of rotatable bonds is 4. The molecular formula is C11H18ClN3O. The number of nitrogens with zero attached hydrogens (tertiary/aromatic N) is 2. The molecule has 0 saturated heterocycles. The summed E-state index contributed by atoms with van der Waals surface area (Å²) in [6.07, 6.45) is 0. The van der Waals surface area contributed by atoms with Crippen molar-refractivity contribution in [2.24, 2.45) is 5.92 Å². The van der Waals surface area contributed by atoms with Crippen LogP contribution >= 0.6 is 11.6 Å². The van der Waals surface area contributed by atoms with Crippen molar-refractivity contribution in [1.29, 1.82) is 0 Å². The minimum atomic E-state index is -0.103. The Bertz CT molecular complexity index is 387. The van der Waals surface area contributed by atoms with Crippen LogP contribution < -0.4 is 5.32 Å². The molecule has 0 aliphatic carbocycles. The number of aryl methyl sites for hydroxylation is 1. The molecular weight excluding hydrogens is 226 g/mol. The Hall–Kier alpha value is -1.03. The van der Waals surface area contributed by atoms with Crippen molar-refractivity contribution in [3.8, 4) is 0 Å². The van der Waals surface area contributed by atoms with Crippen LogP contribution in [0.2, 0.25) is 5.02 Å². The Morgan fingerprint density at radius 1 is 1.56 bits per heavy atom. The summed E-state index contributed by atoms with van der Waals surface area (Å²) in [5, 5.41) is 7.77. The van der Waals surface area contributed by atoms with Gasteiger partial charge in [0.1, 0.15) is 0 Å². The van der Waals surface area contributed by atoms with E-state index in [1.54, 1.807) is 4.68 Å².